The van der Waals surface area contributed by atoms with Gasteiger partial charge in [-0.15, -0.1) is 0 Å². The highest BCUT2D eigenvalue weighted by atomic mass is 79.9. The van der Waals surface area contributed by atoms with Gasteiger partial charge in [-0.05, 0) is 40.0 Å². The number of hydrogen-bond donors (Lipinski definition) is 1. The minimum atomic E-state index is -0.245. The molecule has 0 aliphatic carbocycles. The van der Waals surface area contributed by atoms with Gasteiger partial charge in [-0.1, -0.05) is 13.8 Å². The summed E-state index contributed by atoms with van der Waals surface area (Å²) >= 11 is 3.32. The van der Waals surface area contributed by atoms with Crippen molar-refractivity contribution < 1.29 is 9.53 Å². The van der Waals surface area contributed by atoms with E-state index in [4.69, 9.17) is 4.74 Å². The van der Waals surface area contributed by atoms with Crippen LogP contribution in [0.2, 0.25) is 0 Å². The van der Waals surface area contributed by atoms with Crippen molar-refractivity contribution in [3.05, 3.63) is 28.2 Å². The van der Waals surface area contributed by atoms with Crippen molar-refractivity contribution in [2.24, 2.45) is 11.0 Å². The van der Waals surface area contributed by atoms with Crippen LogP contribution in [0.15, 0.2) is 27.8 Å². The van der Waals surface area contributed by atoms with Gasteiger partial charge in [0.1, 0.15) is 5.75 Å². The number of methoxy groups -OCH3 is 1. The maximum absolute atomic E-state index is 11.7. The average Bonchev–Trinajstić information content (AvgIpc) is 2.28. The van der Waals surface area contributed by atoms with Crippen LogP contribution < -0.4 is 10.2 Å². The van der Waals surface area contributed by atoms with Crippen LogP contribution in [-0.2, 0) is 0 Å². The van der Waals surface area contributed by atoms with Crippen LogP contribution >= 0.6 is 15.9 Å². The predicted molar refractivity (Wildman–Crippen MR) is 71.5 cm³/mol. The van der Waals surface area contributed by atoms with Crippen molar-refractivity contribution in [3.63, 3.8) is 0 Å². The van der Waals surface area contributed by atoms with Crippen LogP contribution in [0, 0.1) is 5.92 Å². The molecule has 0 atom stereocenters. The summed E-state index contributed by atoms with van der Waals surface area (Å²) in [4.78, 5) is 11.7. The molecule has 5 heteroatoms. The van der Waals surface area contributed by atoms with Gasteiger partial charge in [-0.2, -0.15) is 5.10 Å². The van der Waals surface area contributed by atoms with Gasteiger partial charge in [-0.25, -0.2) is 5.43 Å². The Kier molecular flexibility index (Phi) is 5.15. The van der Waals surface area contributed by atoms with E-state index in [1.54, 1.807) is 31.5 Å². The molecule has 0 spiro atoms. The van der Waals surface area contributed by atoms with E-state index >= 15 is 0 Å². The molecule has 0 aliphatic heterocycles. The molecule has 1 aromatic rings. The average molecular weight is 299 g/mol. The molecule has 1 aromatic carbocycles. The van der Waals surface area contributed by atoms with E-state index < -0.39 is 0 Å². The number of hydrazone groups is 1. The summed E-state index contributed by atoms with van der Waals surface area (Å²) in [5.41, 5.74) is 2.99. The summed E-state index contributed by atoms with van der Waals surface area (Å²) in [6.45, 7) is 3.97. The van der Waals surface area contributed by atoms with Crippen molar-refractivity contribution in [1.29, 1.82) is 0 Å². The summed E-state index contributed by atoms with van der Waals surface area (Å²) in [5, 5.41) is 3.85. The van der Waals surface area contributed by atoms with E-state index in [1.807, 2.05) is 13.8 Å². The van der Waals surface area contributed by atoms with Gasteiger partial charge >= 0.3 is 0 Å². The number of rotatable bonds is 4. The molecule has 0 bridgehead atoms. The third-order valence-corrected chi connectivity index (χ3v) is 2.57. The van der Waals surface area contributed by atoms with Crippen LogP contribution in [0.4, 0.5) is 0 Å². The normalized spacial score (nSPS) is 10.9. The van der Waals surface area contributed by atoms with E-state index in [9.17, 15) is 4.79 Å². The van der Waals surface area contributed by atoms with Gasteiger partial charge in [0.15, 0.2) is 0 Å². The lowest BCUT2D eigenvalue weighted by Gasteiger charge is -2.05. The molecule has 0 saturated heterocycles. The highest BCUT2D eigenvalue weighted by molar-refractivity contribution is 9.10. The Balaban J connectivity index is 2.73. The number of halogens is 1. The van der Waals surface area contributed by atoms with Crippen molar-refractivity contribution in [2.75, 3.05) is 7.11 Å². The van der Waals surface area contributed by atoms with Crippen molar-refractivity contribution in [2.45, 2.75) is 13.8 Å². The van der Waals surface area contributed by atoms with Crippen LogP contribution in [0.25, 0.3) is 0 Å². The minimum absolute atomic E-state index is 0.245. The Morgan fingerprint density at radius 1 is 1.53 bits per heavy atom. The molecule has 0 heterocycles. The summed E-state index contributed by atoms with van der Waals surface area (Å²) in [6.07, 6.45) is 1.68. The van der Waals surface area contributed by atoms with Crippen molar-refractivity contribution in [1.82, 2.24) is 5.43 Å². The molecule has 0 radical (unpaired) electrons. The van der Waals surface area contributed by atoms with Crippen molar-refractivity contribution in [3.8, 4) is 5.75 Å². The monoisotopic (exact) mass is 298 g/mol. The first-order valence-electron chi connectivity index (χ1n) is 5.21. The summed E-state index contributed by atoms with van der Waals surface area (Å²) in [6, 6.07) is 5.11. The fourth-order valence-electron chi connectivity index (χ4n) is 1.12. The van der Waals surface area contributed by atoms with E-state index in [0.717, 1.165) is 4.47 Å². The largest absolute Gasteiger partial charge is 0.496 e. The Morgan fingerprint density at radius 3 is 2.76 bits per heavy atom. The van der Waals surface area contributed by atoms with E-state index in [2.05, 4.69) is 26.5 Å². The summed E-state index contributed by atoms with van der Waals surface area (Å²) in [5.74, 6) is 0.746. The maximum Gasteiger partial charge on any atom is 0.271 e. The Bertz CT molecular complexity index is 431. The lowest BCUT2D eigenvalue weighted by molar-refractivity contribution is 0.0955. The number of nitrogens with one attached hydrogen (secondary N) is 1. The molecule has 0 fully saturated rings. The maximum atomic E-state index is 11.7. The van der Waals surface area contributed by atoms with Gasteiger partial charge in [-0.3, -0.25) is 4.79 Å². The predicted octanol–water partition coefficient (Wildman–Crippen LogP) is 2.83. The zero-order valence-electron chi connectivity index (χ0n) is 10.0. The van der Waals surface area contributed by atoms with Crippen LogP contribution in [0.3, 0.4) is 0 Å². The molecule has 17 heavy (non-hydrogen) atoms. The SMILES string of the molecule is COc1ccc(C(=O)N/N=C/C(C)C)cc1Br. The molecule has 0 aliphatic rings. The van der Waals surface area contributed by atoms with Crippen LogP contribution in [0.5, 0.6) is 5.75 Å². The molecule has 92 valence electrons. The zero-order chi connectivity index (χ0) is 12.8. The number of benzene rings is 1. The topological polar surface area (TPSA) is 50.7 Å². The number of hydrogen-bond acceptors (Lipinski definition) is 3. The standard InChI is InChI=1S/C12H15BrN2O2/c1-8(2)7-14-15-12(16)9-4-5-11(17-3)10(13)6-9/h4-8H,1-3H3,(H,15,16)/b14-7+. The highest BCUT2D eigenvalue weighted by Crippen LogP contribution is 2.25. The quantitative estimate of drug-likeness (QED) is 0.686. The Labute approximate surface area is 109 Å². The second kappa shape index (κ2) is 6.39. The highest BCUT2D eigenvalue weighted by Gasteiger charge is 2.07. The Hall–Kier alpha value is -1.36. The van der Waals surface area contributed by atoms with Gasteiger partial charge in [0, 0.05) is 11.8 Å². The van der Waals surface area contributed by atoms with Gasteiger partial charge in [0.2, 0.25) is 0 Å². The number of amides is 1. The molecular formula is C12H15BrN2O2. The second-order valence-corrected chi connectivity index (χ2v) is 4.67. The van der Waals surface area contributed by atoms with Crippen molar-refractivity contribution >= 4 is 28.1 Å². The molecular weight excluding hydrogens is 284 g/mol. The number of carbonyl (C=O) groups is 1. The summed E-state index contributed by atoms with van der Waals surface area (Å²) in [7, 11) is 1.58. The number of carbonyl (C=O) groups excluding carboxylic acids is 1. The molecule has 1 N–H and O–H groups in total. The molecule has 0 unspecified atom stereocenters. The van der Waals surface area contributed by atoms with Gasteiger partial charge in [0.25, 0.3) is 5.91 Å². The number of nitrogens with zero attached hydrogens (tertiary/aromatic N) is 1. The van der Waals surface area contributed by atoms with E-state index in [-0.39, 0.29) is 5.91 Å². The molecule has 4 nitrogen and oxygen atoms in total. The first-order chi connectivity index (χ1) is 8.04. The Morgan fingerprint density at radius 2 is 2.24 bits per heavy atom. The first kappa shape index (κ1) is 13.7. The molecule has 0 saturated carbocycles. The fraction of sp³-hybridized carbons (Fsp3) is 0.333. The smallest absolute Gasteiger partial charge is 0.271 e. The van der Waals surface area contributed by atoms with Crippen LogP contribution in [0.1, 0.15) is 24.2 Å². The van der Waals surface area contributed by atoms with E-state index in [1.165, 1.54) is 0 Å². The second-order valence-electron chi connectivity index (χ2n) is 3.81. The third-order valence-electron chi connectivity index (χ3n) is 1.95. The zero-order valence-corrected chi connectivity index (χ0v) is 11.6. The van der Waals surface area contributed by atoms with E-state index in [0.29, 0.717) is 17.2 Å². The third kappa shape index (κ3) is 4.19. The lowest BCUT2D eigenvalue weighted by atomic mass is 10.2. The first-order valence-corrected chi connectivity index (χ1v) is 6.01. The molecule has 0 aromatic heterocycles. The summed E-state index contributed by atoms with van der Waals surface area (Å²) < 4.78 is 5.82. The minimum Gasteiger partial charge on any atom is -0.496 e. The van der Waals surface area contributed by atoms with Crippen LogP contribution in [-0.4, -0.2) is 19.2 Å². The van der Waals surface area contributed by atoms with Gasteiger partial charge in [0.05, 0.1) is 11.6 Å². The molecule has 1 rings (SSSR count). The number of ether oxygens (including phenoxy) is 1. The molecule has 1 amide bonds. The lowest BCUT2D eigenvalue weighted by Crippen LogP contribution is -2.18. The van der Waals surface area contributed by atoms with Gasteiger partial charge < -0.3 is 4.74 Å². The fourth-order valence-corrected chi connectivity index (χ4v) is 1.66.